The fraction of sp³-hybridized carbons (Fsp3) is 0.842. The van der Waals surface area contributed by atoms with Crippen LogP contribution in [0.25, 0.3) is 0 Å². The van der Waals surface area contributed by atoms with Gasteiger partial charge >= 0.3 is 0 Å². The van der Waals surface area contributed by atoms with Gasteiger partial charge in [0, 0.05) is 0 Å². The molecule has 0 aromatic rings. The fourth-order valence-corrected chi connectivity index (χ4v) is 2.99. The Bertz CT molecular complexity index is 204. The van der Waals surface area contributed by atoms with Crippen molar-refractivity contribution in [1.29, 1.82) is 0 Å². The zero-order valence-corrected chi connectivity index (χ0v) is 13.2. The predicted molar refractivity (Wildman–Crippen MR) is 87.2 cm³/mol. The van der Waals surface area contributed by atoms with Crippen LogP contribution in [0.5, 0.6) is 0 Å². The lowest BCUT2D eigenvalue weighted by molar-refractivity contribution is 0.544. The Morgan fingerprint density at radius 1 is 0.842 bits per heavy atom. The Hall–Kier alpha value is -0.260. The average Bonchev–Trinajstić information content (AvgIpc) is 2.93. The van der Waals surface area contributed by atoms with E-state index in [9.17, 15) is 0 Å². The maximum Gasteiger partial charge on any atom is -0.0199 e. The first-order valence-corrected chi connectivity index (χ1v) is 8.93. The van der Waals surface area contributed by atoms with E-state index in [2.05, 4.69) is 25.5 Å². The molecule has 0 N–H and O–H groups in total. The van der Waals surface area contributed by atoms with Gasteiger partial charge in [-0.2, -0.15) is 0 Å². The van der Waals surface area contributed by atoms with E-state index in [1.807, 2.05) is 0 Å². The molecule has 0 aromatic carbocycles. The van der Waals surface area contributed by atoms with E-state index in [1.165, 1.54) is 89.9 Å². The molecule has 1 rings (SSSR count). The topological polar surface area (TPSA) is 0 Å². The summed E-state index contributed by atoms with van der Waals surface area (Å²) < 4.78 is 0. The van der Waals surface area contributed by atoms with Gasteiger partial charge in [0.05, 0.1) is 0 Å². The van der Waals surface area contributed by atoms with Crippen LogP contribution in [-0.4, -0.2) is 0 Å². The molecule has 0 saturated heterocycles. The number of hydrogen-bond donors (Lipinski definition) is 0. The van der Waals surface area contributed by atoms with Gasteiger partial charge in [-0.25, -0.2) is 0 Å². The molecule has 0 heterocycles. The summed E-state index contributed by atoms with van der Waals surface area (Å²) in [7, 11) is 0. The minimum atomic E-state index is 0.808. The average molecular weight is 263 g/mol. The second-order valence-electron chi connectivity index (χ2n) is 6.23. The first-order valence-electron chi connectivity index (χ1n) is 8.93. The molecule has 0 spiro atoms. The van der Waals surface area contributed by atoms with Gasteiger partial charge in [0.15, 0.2) is 0 Å². The van der Waals surface area contributed by atoms with E-state index in [0.29, 0.717) is 0 Å². The van der Waals surface area contributed by atoms with Gasteiger partial charge in [0.2, 0.25) is 0 Å². The summed E-state index contributed by atoms with van der Waals surface area (Å²) in [6, 6.07) is 0. The standard InChI is InChI=1S/C19H35/c1-2-3-4-5-6-7-8-9-10-11-12-13-16-19-17-14-15-18-19/h14,16-17,19H,2-13,15,18H2,1H3. The van der Waals surface area contributed by atoms with Crippen LogP contribution in [-0.2, 0) is 0 Å². The molecule has 0 heteroatoms. The van der Waals surface area contributed by atoms with Gasteiger partial charge in [0.1, 0.15) is 0 Å². The normalized spacial score (nSPS) is 18.3. The van der Waals surface area contributed by atoms with Crippen molar-refractivity contribution in [2.24, 2.45) is 5.92 Å². The first-order chi connectivity index (χ1) is 9.43. The van der Waals surface area contributed by atoms with Crippen LogP contribution in [0.2, 0.25) is 0 Å². The predicted octanol–water partition coefficient (Wildman–Crippen LogP) is 6.86. The molecule has 1 unspecified atom stereocenters. The highest BCUT2D eigenvalue weighted by molar-refractivity contribution is 5.01. The lowest BCUT2D eigenvalue weighted by atomic mass is 9.99. The molecule has 111 valence electrons. The van der Waals surface area contributed by atoms with Crippen molar-refractivity contribution in [3.05, 3.63) is 18.6 Å². The van der Waals surface area contributed by atoms with Crippen LogP contribution >= 0.6 is 0 Å². The number of rotatable bonds is 13. The van der Waals surface area contributed by atoms with Gasteiger partial charge in [-0.05, 0) is 31.6 Å². The maximum atomic E-state index is 2.54. The summed E-state index contributed by atoms with van der Waals surface area (Å²) in [5, 5.41) is 0. The van der Waals surface area contributed by atoms with E-state index in [0.717, 1.165) is 5.92 Å². The van der Waals surface area contributed by atoms with Crippen molar-refractivity contribution in [2.75, 3.05) is 0 Å². The molecular weight excluding hydrogens is 228 g/mol. The number of hydrogen-bond acceptors (Lipinski definition) is 0. The molecule has 0 aromatic heterocycles. The largest absolute Gasteiger partial charge is 0.0882 e. The molecule has 1 aliphatic carbocycles. The van der Waals surface area contributed by atoms with E-state index >= 15 is 0 Å². The molecule has 0 saturated carbocycles. The van der Waals surface area contributed by atoms with Crippen molar-refractivity contribution in [1.82, 2.24) is 0 Å². The lowest BCUT2D eigenvalue weighted by Gasteiger charge is -2.06. The SMILES string of the molecule is CCCCCCCCCCCCC[CH]C1C=CCC1. The summed E-state index contributed by atoms with van der Waals surface area (Å²) in [5.41, 5.74) is 0. The summed E-state index contributed by atoms with van der Waals surface area (Å²) in [4.78, 5) is 0. The van der Waals surface area contributed by atoms with Crippen LogP contribution in [0, 0.1) is 12.3 Å². The Balaban J connectivity index is 1.68. The molecule has 0 bridgehead atoms. The highest BCUT2D eigenvalue weighted by Crippen LogP contribution is 2.22. The van der Waals surface area contributed by atoms with Crippen molar-refractivity contribution < 1.29 is 0 Å². The summed E-state index contributed by atoms with van der Waals surface area (Å²) in [6.07, 6.45) is 27.2. The summed E-state index contributed by atoms with van der Waals surface area (Å²) in [6.45, 7) is 2.29. The molecular formula is C19H35. The van der Waals surface area contributed by atoms with Gasteiger partial charge in [-0.15, -0.1) is 0 Å². The smallest absolute Gasteiger partial charge is 0.0199 e. The van der Waals surface area contributed by atoms with Gasteiger partial charge < -0.3 is 0 Å². The molecule has 0 nitrogen and oxygen atoms in total. The van der Waals surface area contributed by atoms with Crippen LogP contribution in [0.4, 0.5) is 0 Å². The van der Waals surface area contributed by atoms with Crippen molar-refractivity contribution in [3.63, 3.8) is 0 Å². The van der Waals surface area contributed by atoms with Crippen molar-refractivity contribution >= 4 is 0 Å². The Morgan fingerprint density at radius 3 is 1.95 bits per heavy atom. The van der Waals surface area contributed by atoms with Crippen LogP contribution < -0.4 is 0 Å². The molecule has 0 fully saturated rings. The molecule has 1 aliphatic rings. The number of unbranched alkanes of at least 4 members (excludes halogenated alkanes) is 11. The molecule has 0 aliphatic heterocycles. The fourth-order valence-electron chi connectivity index (χ4n) is 2.99. The van der Waals surface area contributed by atoms with E-state index in [-0.39, 0.29) is 0 Å². The van der Waals surface area contributed by atoms with Crippen LogP contribution in [0.1, 0.15) is 96.8 Å². The van der Waals surface area contributed by atoms with Crippen molar-refractivity contribution in [3.8, 4) is 0 Å². The molecule has 0 amide bonds. The highest BCUT2D eigenvalue weighted by atomic mass is 14.1. The molecule has 1 atom stereocenters. The minimum Gasteiger partial charge on any atom is -0.0882 e. The van der Waals surface area contributed by atoms with Crippen LogP contribution in [0.15, 0.2) is 12.2 Å². The quantitative estimate of drug-likeness (QED) is 0.251. The first kappa shape index (κ1) is 16.8. The van der Waals surface area contributed by atoms with Gasteiger partial charge in [-0.1, -0.05) is 89.7 Å². The third-order valence-electron chi connectivity index (χ3n) is 4.33. The monoisotopic (exact) mass is 263 g/mol. The maximum absolute atomic E-state index is 2.54. The zero-order valence-electron chi connectivity index (χ0n) is 13.2. The van der Waals surface area contributed by atoms with Crippen molar-refractivity contribution in [2.45, 2.75) is 96.8 Å². The summed E-state index contributed by atoms with van der Waals surface area (Å²) in [5.74, 6) is 0.808. The molecule has 19 heavy (non-hydrogen) atoms. The van der Waals surface area contributed by atoms with Gasteiger partial charge in [-0.3, -0.25) is 0 Å². The second kappa shape index (κ2) is 12.8. The highest BCUT2D eigenvalue weighted by Gasteiger charge is 2.07. The number of allylic oxidation sites excluding steroid dienone is 2. The third-order valence-corrected chi connectivity index (χ3v) is 4.33. The van der Waals surface area contributed by atoms with E-state index in [1.54, 1.807) is 0 Å². The third kappa shape index (κ3) is 10.2. The van der Waals surface area contributed by atoms with E-state index in [4.69, 9.17) is 0 Å². The second-order valence-corrected chi connectivity index (χ2v) is 6.23. The van der Waals surface area contributed by atoms with Gasteiger partial charge in [0.25, 0.3) is 0 Å². The molecule has 1 radical (unpaired) electrons. The Labute approximate surface area is 122 Å². The summed E-state index contributed by atoms with van der Waals surface area (Å²) >= 11 is 0. The Kier molecular flexibility index (Phi) is 11.3. The minimum absolute atomic E-state index is 0.808. The zero-order chi connectivity index (χ0) is 13.6. The Morgan fingerprint density at radius 2 is 1.42 bits per heavy atom. The van der Waals surface area contributed by atoms with Crippen LogP contribution in [0.3, 0.4) is 0 Å². The van der Waals surface area contributed by atoms with E-state index < -0.39 is 0 Å². The lowest BCUT2D eigenvalue weighted by Crippen LogP contribution is -1.92.